The van der Waals surface area contributed by atoms with Crippen LogP contribution in [0.3, 0.4) is 0 Å². The summed E-state index contributed by atoms with van der Waals surface area (Å²) in [6.07, 6.45) is 2.06. The zero-order chi connectivity index (χ0) is 9.47. The van der Waals surface area contributed by atoms with Gasteiger partial charge >= 0.3 is 0 Å². The topological polar surface area (TPSA) is 12.9 Å². The zero-order valence-corrected chi connectivity index (χ0v) is 7.43. The van der Waals surface area contributed by atoms with E-state index in [4.69, 9.17) is 0 Å². The van der Waals surface area contributed by atoms with Crippen LogP contribution < -0.4 is 0 Å². The molecule has 0 aliphatic heterocycles. The Balaban J connectivity index is 2.55. The van der Waals surface area contributed by atoms with Gasteiger partial charge in [-0.3, -0.25) is 4.98 Å². The fourth-order valence-corrected chi connectivity index (χ4v) is 1.79. The van der Waals surface area contributed by atoms with Crippen LogP contribution in [0, 0.1) is 0 Å². The van der Waals surface area contributed by atoms with Crippen LogP contribution in [0.4, 0.5) is 8.78 Å². The van der Waals surface area contributed by atoms with Crippen LogP contribution in [-0.2, 0) is 5.92 Å². The minimum atomic E-state index is -2.67. The second-order valence-electron chi connectivity index (χ2n) is 3.58. The Bertz CT molecular complexity index is 322. The normalized spacial score (nSPS) is 25.3. The van der Waals surface area contributed by atoms with Gasteiger partial charge in [-0.2, -0.15) is 0 Å². The number of halogens is 2. The maximum Gasteiger partial charge on any atom is 0.275 e. The third-order valence-electron chi connectivity index (χ3n) is 2.59. The highest BCUT2D eigenvalue weighted by molar-refractivity contribution is 5.29. The molecule has 0 saturated heterocycles. The van der Waals surface area contributed by atoms with Gasteiger partial charge in [0.15, 0.2) is 0 Å². The van der Waals surface area contributed by atoms with E-state index in [9.17, 15) is 8.78 Å². The van der Waals surface area contributed by atoms with Gasteiger partial charge in [0, 0.05) is 18.2 Å². The van der Waals surface area contributed by atoms with Crippen LogP contribution in [0.25, 0.3) is 0 Å². The smallest absolute Gasteiger partial charge is 0.261 e. The molecule has 0 spiro atoms. The highest BCUT2D eigenvalue weighted by Gasteiger charge is 2.39. The molecule has 1 aliphatic rings. The minimum Gasteiger partial charge on any atom is -0.261 e. The van der Waals surface area contributed by atoms with E-state index in [1.807, 2.05) is 6.92 Å². The average molecular weight is 183 g/mol. The lowest BCUT2D eigenvalue weighted by Crippen LogP contribution is -2.23. The molecule has 3 heteroatoms. The fraction of sp³-hybridized carbons (Fsp3) is 0.500. The molecule has 13 heavy (non-hydrogen) atoms. The molecule has 1 aromatic heterocycles. The lowest BCUT2D eigenvalue weighted by molar-refractivity contribution is -0.0253. The van der Waals surface area contributed by atoms with Gasteiger partial charge in [0.2, 0.25) is 0 Å². The van der Waals surface area contributed by atoms with E-state index in [1.165, 1.54) is 6.07 Å². The van der Waals surface area contributed by atoms with Crippen molar-refractivity contribution in [1.29, 1.82) is 0 Å². The number of hydrogen-bond acceptors (Lipinski definition) is 1. The molecule has 0 amide bonds. The summed E-state index contributed by atoms with van der Waals surface area (Å²) >= 11 is 0. The van der Waals surface area contributed by atoms with Crippen molar-refractivity contribution >= 4 is 0 Å². The van der Waals surface area contributed by atoms with Crippen LogP contribution in [0.1, 0.15) is 36.9 Å². The SMILES string of the molecule is CC1CCC(F)(F)c2cccnc21. The van der Waals surface area contributed by atoms with Gasteiger partial charge in [-0.1, -0.05) is 6.92 Å². The first-order chi connectivity index (χ1) is 6.11. The summed E-state index contributed by atoms with van der Waals surface area (Å²) in [5.41, 5.74) is 0.688. The van der Waals surface area contributed by atoms with E-state index in [-0.39, 0.29) is 17.9 Å². The van der Waals surface area contributed by atoms with Gasteiger partial charge in [0.25, 0.3) is 5.92 Å². The van der Waals surface area contributed by atoms with Crippen LogP contribution in [0.2, 0.25) is 0 Å². The summed E-state index contributed by atoms with van der Waals surface area (Å²) in [5.74, 6) is -2.51. The Morgan fingerprint density at radius 3 is 3.00 bits per heavy atom. The van der Waals surface area contributed by atoms with Crippen LogP contribution in [0.5, 0.6) is 0 Å². The van der Waals surface area contributed by atoms with Crippen molar-refractivity contribution in [2.24, 2.45) is 0 Å². The molecule has 0 fully saturated rings. The van der Waals surface area contributed by atoms with E-state index in [2.05, 4.69) is 4.98 Å². The molecule has 0 saturated carbocycles. The molecule has 0 radical (unpaired) electrons. The van der Waals surface area contributed by atoms with Gasteiger partial charge < -0.3 is 0 Å². The number of alkyl halides is 2. The number of hydrogen-bond donors (Lipinski definition) is 0. The summed E-state index contributed by atoms with van der Waals surface area (Å²) in [7, 11) is 0. The van der Waals surface area contributed by atoms with Crippen molar-refractivity contribution in [3.63, 3.8) is 0 Å². The van der Waals surface area contributed by atoms with E-state index >= 15 is 0 Å². The molecule has 1 aromatic rings. The van der Waals surface area contributed by atoms with Gasteiger partial charge in [0.05, 0.1) is 5.69 Å². The van der Waals surface area contributed by atoms with Crippen molar-refractivity contribution in [2.75, 3.05) is 0 Å². The van der Waals surface area contributed by atoms with Crippen molar-refractivity contribution in [3.05, 3.63) is 29.6 Å². The lowest BCUT2D eigenvalue weighted by atomic mass is 9.85. The summed E-state index contributed by atoms with van der Waals surface area (Å²) in [5, 5.41) is 0. The molecule has 0 bridgehead atoms. The largest absolute Gasteiger partial charge is 0.275 e. The second kappa shape index (κ2) is 2.76. The Hall–Kier alpha value is -0.990. The molecule has 1 unspecified atom stereocenters. The fourth-order valence-electron chi connectivity index (χ4n) is 1.79. The number of pyridine rings is 1. The number of aromatic nitrogens is 1. The Kier molecular flexibility index (Phi) is 1.82. The molecular weight excluding hydrogens is 172 g/mol. The molecule has 1 nitrogen and oxygen atoms in total. The van der Waals surface area contributed by atoms with E-state index in [0.29, 0.717) is 12.1 Å². The van der Waals surface area contributed by atoms with Crippen molar-refractivity contribution in [1.82, 2.24) is 4.98 Å². The number of fused-ring (bicyclic) bond motifs is 1. The predicted octanol–water partition coefficient (Wildman–Crippen LogP) is 3.07. The first-order valence-corrected chi connectivity index (χ1v) is 4.44. The maximum absolute atomic E-state index is 13.3. The Morgan fingerprint density at radius 1 is 1.54 bits per heavy atom. The standard InChI is InChI=1S/C10H11F2N/c1-7-4-5-10(11,12)8-3-2-6-13-9(7)8/h2-3,6-7H,4-5H2,1H3. The number of nitrogens with zero attached hydrogens (tertiary/aromatic N) is 1. The number of rotatable bonds is 0. The molecule has 2 rings (SSSR count). The van der Waals surface area contributed by atoms with Crippen molar-refractivity contribution in [2.45, 2.75) is 31.6 Å². The first-order valence-electron chi connectivity index (χ1n) is 4.44. The highest BCUT2D eigenvalue weighted by Crippen LogP contribution is 2.43. The second-order valence-corrected chi connectivity index (χ2v) is 3.58. The highest BCUT2D eigenvalue weighted by atomic mass is 19.3. The Morgan fingerprint density at radius 2 is 2.31 bits per heavy atom. The minimum absolute atomic E-state index is 0.0488. The summed E-state index contributed by atoms with van der Waals surface area (Å²) in [6.45, 7) is 1.95. The molecule has 0 N–H and O–H groups in total. The van der Waals surface area contributed by atoms with Gasteiger partial charge in [-0.15, -0.1) is 0 Å². The third kappa shape index (κ3) is 1.32. The van der Waals surface area contributed by atoms with Crippen LogP contribution in [-0.4, -0.2) is 4.98 Å². The molecule has 1 heterocycles. The molecule has 1 aliphatic carbocycles. The van der Waals surface area contributed by atoms with Crippen LogP contribution >= 0.6 is 0 Å². The van der Waals surface area contributed by atoms with E-state index < -0.39 is 5.92 Å². The van der Waals surface area contributed by atoms with Gasteiger partial charge in [-0.25, -0.2) is 8.78 Å². The third-order valence-corrected chi connectivity index (χ3v) is 2.59. The first kappa shape index (κ1) is 8.60. The lowest BCUT2D eigenvalue weighted by Gasteiger charge is -2.28. The van der Waals surface area contributed by atoms with Crippen molar-refractivity contribution in [3.8, 4) is 0 Å². The molecule has 70 valence electrons. The maximum atomic E-state index is 13.3. The van der Waals surface area contributed by atoms with Gasteiger partial charge in [0.1, 0.15) is 0 Å². The van der Waals surface area contributed by atoms with Crippen molar-refractivity contribution < 1.29 is 8.78 Å². The summed E-state index contributed by atoms with van der Waals surface area (Å²) in [6, 6.07) is 3.06. The van der Waals surface area contributed by atoms with E-state index in [1.54, 1.807) is 12.3 Å². The monoisotopic (exact) mass is 183 g/mol. The van der Waals surface area contributed by atoms with E-state index in [0.717, 1.165) is 0 Å². The quantitative estimate of drug-likeness (QED) is 0.602. The van der Waals surface area contributed by atoms with Crippen LogP contribution in [0.15, 0.2) is 18.3 Å². The average Bonchev–Trinajstić information content (AvgIpc) is 2.13. The molecule has 0 aromatic carbocycles. The zero-order valence-electron chi connectivity index (χ0n) is 7.43. The van der Waals surface area contributed by atoms with Gasteiger partial charge in [-0.05, 0) is 24.5 Å². The Labute approximate surface area is 75.8 Å². The summed E-state index contributed by atoms with van der Waals surface area (Å²) in [4.78, 5) is 4.02. The molecule has 1 atom stereocenters. The summed E-state index contributed by atoms with van der Waals surface area (Å²) < 4.78 is 26.7. The predicted molar refractivity (Wildman–Crippen MR) is 45.8 cm³/mol. The molecular formula is C10H11F2N.